The maximum Gasteiger partial charge on any atom is 0.269 e. The summed E-state index contributed by atoms with van der Waals surface area (Å²) < 4.78 is 5.52. The Balaban J connectivity index is 0.000000144. The van der Waals surface area contributed by atoms with Gasteiger partial charge in [-0.15, -0.1) is 0 Å². The van der Waals surface area contributed by atoms with E-state index in [0.717, 1.165) is 28.0 Å². The number of phenolic OH excluding ortho intramolecular Hbond substituents is 3. The highest BCUT2D eigenvalue weighted by Gasteiger charge is 2.15. The first-order valence-corrected chi connectivity index (χ1v) is 29.4. The Morgan fingerprint density at radius 3 is 1.33 bits per heavy atom. The molecule has 3 N–H and O–H groups in total. The Labute approximate surface area is 503 Å². The Kier molecular flexibility index (Phi) is 25.2. The quantitative estimate of drug-likeness (QED) is 0.112. The van der Waals surface area contributed by atoms with E-state index in [4.69, 9.17) is 20.1 Å². The lowest BCUT2D eigenvalue weighted by atomic mass is 9.84. The van der Waals surface area contributed by atoms with Gasteiger partial charge in [-0.2, -0.15) is 0 Å². The van der Waals surface area contributed by atoms with Crippen LogP contribution >= 0.6 is 0 Å². The number of nitro groups is 1. The van der Waals surface area contributed by atoms with Crippen LogP contribution in [0.5, 0.6) is 28.7 Å². The van der Waals surface area contributed by atoms with Gasteiger partial charge in [-0.05, 0) is 183 Å². The number of piperidine rings is 1. The molecular weight excluding hydrogens is 1050 g/mol. The van der Waals surface area contributed by atoms with Crippen LogP contribution in [0.25, 0.3) is 32.7 Å². The van der Waals surface area contributed by atoms with Gasteiger partial charge in [-0.3, -0.25) is 10.1 Å². The van der Waals surface area contributed by atoms with Crippen molar-refractivity contribution in [3.05, 3.63) is 305 Å². The summed E-state index contributed by atoms with van der Waals surface area (Å²) in [6.45, 7) is 10.8. The van der Waals surface area contributed by atoms with E-state index >= 15 is 0 Å². The first-order chi connectivity index (χ1) is 41.3. The topological polar surface area (TPSA) is 116 Å². The molecule has 0 unspecified atom stereocenters. The smallest absolute Gasteiger partial charge is 0.269 e. The number of nitro benzene ring substituents is 1. The molecule has 8 heteroatoms. The molecule has 11 aromatic rings. The average molecular weight is 1130 g/mol. The summed E-state index contributed by atoms with van der Waals surface area (Å²) in [6.07, 6.45) is 11.2. The van der Waals surface area contributed by atoms with Crippen molar-refractivity contribution in [3.8, 4) is 39.9 Å². The second-order valence-electron chi connectivity index (χ2n) is 21.4. The molecule has 1 saturated carbocycles. The first-order valence-electron chi connectivity index (χ1n) is 29.4. The molecule has 2 aliphatic rings. The van der Waals surface area contributed by atoms with Gasteiger partial charge in [0.25, 0.3) is 5.69 Å². The van der Waals surface area contributed by atoms with Crippen LogP contribution < -0.4 is 9.64 Å². The summed E-state index contributed by atoms with van der Waals surface area (Å²) >= 11 is 0. The summed E-state index contributed by atoms with van der Waals surface area (Å²) in [6, 6.07) is 86.4. The summed E-state index contributed by atoms with van der Waals surface area (Å²) in [5.74, 6) is 3.25. The lowest BCUT2D eigenvalue weighted by molar-refractivity contribution is -0.384. The van der Waals surface area contributed by atoms with E-state index in [1.165, 1.54) is 121 Å². The molecule has 0 spiro atoms. The van der Waals surface area contributed by atoms with Crippen LogP contribution in [0, 0.1) is 37.8 Å². The fraction of sp³-hybridized carbons (Fsp3) is 0.195. The van der Waals surface area contributed by atoms with Gasteiger partial charge in [-0.25, -0.2) is 0 Å². The zero-order valence-corrected chi connectivity index (χ0v) is 49.5. The van der Waals surface area contributed by atoms with E-state index in [9.17, 15) is 10.1 Å². The minimum absolute atomic E-state index is 0.144. The molecule has 434 valence electrons. The molecule has 0 radical (unpaired) electrons. The molecule has 0 amide bonds. The highest BCUT2D eigenvalue weighted by Crippen LogP contribution is 2.33. The number of anilines is 1. The normalized spacial score (nSPS) is 12.4. The van der Waals surface area contributed by atoms with Crippen molar-refractivity contribution < 1.29 is 25.0 Å². The molecule has 0 bridgehead atoms. The standard InChI is InChI=1S/C17H14.C13H18.C12H17N.C12H10O2.C10H8O.C7H7NO2.C6H6O/c1-13-6-8-15(9-7-13)17-11-10-14-4-2-3-5-16(14)12-17;1-11-7-9-13(10-8-11)12-5-3-2-4-6-12;1-11-5-7-12(8-6-11)13-9-3-2-4-10-13;13-10-6-8-12(9-7-10)14-11-4-2-1-3-5-11;11-10-6-5-8-3-1-2-4-9(8)7-10;1-6-2-4-7(5-3-6)8(9)10;7-6-4-2-1-3-5-6/h2-12H,1H3;7-10,12H,2-6H2,1H3;5-8H,2-4,9-10H2,1H3;1-9,13H;1-7,11H;2-5H,1H3;1-5,7H. The molecule has 0 atom stereocenters. The van der Waals surface area contributed by atoms with Gasteiger partial charge in [0.05, 0.1) is 4.92 Å². The Morgan fingerprint density at radius 1 is 0.388 bits per heavy atom. The van der Waals surface area contributed by atoms with Gasteiger partial charge in [0.2, 0.25) is 0 Å². The first kappa shape index (κ1) is 62.9. The van der Waals surface area contributed by atoms with Crippen molar-refractivity contribution in [2.24, 2.45) is 0 Å². The number of benzene rings is 11. The molecule has 1 saturated heterocycles. The second kappa shape index (κ2) is 34.1. The van der Waals surface area contributed by atoms with Crippen molar-refractivity contribution >= 4 is 32.9 Å². The van der Waals surface area contributed by atoms with Gasteiger partial charge >= 0.3 is 0 Å². The fourth-order valence-electron chi connectivity index (χ4n) is 9.71. The number of non-ortho nitro benzene ring substituents is 1. The van der Waals surface area contributed by atoms with Crippen molar-refractivity contribution in [2.75, 3.05) is 18.0 Å². The molecule has 1 heterocycles. The van der Waals surface area contributed by atoms with E-state index in [1.54, 1.807) is 78.4 Å². The molecule has 8 nitrogen and oxygen atoms in total. The molecule has 13 rings (SSSR count). The van der Waals surface area contributed by atoms with E-state index in [-0.39, 0.29) is 11.4 Å². The number of rotatable bonds is 6. The summed E-state index contributed by atoms with van der Waals surface area (Å²) in [4.78, 5) is 12.2. The Bertz CT molecular complexity index is 3600. The number of para-hydroxylation sites is 2. The minimum atomic E-state index is -0.403. The van der Waals surface area contributed by atoms with Crippen LogP contribution in [0.15, 0.2) is 267 Å². The van der Waals surface area contributed by atoms with Crippen molar-refractivity contribution in [3.63, 3.8) is 0 Å². The molecule has 11 aromatic carbocycles. The fourth-order valence-corrected chi connectivity index (χ4v) is 9.71. The zero-order chi connectivity index (χ0) is 60.0. The van der Waals surface area contributed by atoms with Crippen LogP contribution in [0.2, 0.25) is 0 Å². The van der Waals surface area contributed by atoms with Gasteiger partial charge in [0.1, 0.15) is 28.7 Å². The number of aromatic hydroxyl groups is 3. The number of aryl methyl sites for hydroxylation is 4. The third kappa shape index (κ3) is 22.2. The average Bonchev–Trinajstić information content (AvgIpc) is 3.68. The second-order valence-corrected chi connectivity index (χ2v) is 21.4. The number of phenols is 3. The van der Waals surface area contributed by atoms with Crippen LogP contribution in [-0.2, 0) is 0 Å². The third-order valence-electron chi connectivity index (χ3n) is 14.6. The number of fused-ring (bicyclic) bond motifs is 2. The summed E-state index contributed by atoms with van der Waals surface area (Å²) in [7, 11) is 0. The largest absolute Gasteiger partial charge is 0.508 e. The van der Waals surface area contributed by atoms with Crippen LogP contribution in [0.4, 0.5) is 11.4 Å². The van der Waals surface area contributed by atoms with E-state index in [1.807, 2.05) is 73.7 Å². The van der Waals surface area contributed by atoms with Gasteiger partial charge in [-0.1, -0.05) is 217 Å². The molecule has 85 heavy (non-hydrogen) atoms. The summed E-state index contributed by atoms with van der Waals surface area (Å²) in [5.41, 5.74) is 10.7. The molecule has 1 aliphatic carbocycles. The van der Waals surface area contributed by atoms with Crippen molar-refractivity contribution in [1.82, 2.24) is 0 Å². The maximum atomic E-state index is 10.1. The molecule has 2 fully saturated rings. The Hall–Kier alpha value is -9.66. The number of hydrogen-bond donors (Lipinski definition) is 3. The van der Waals surface area contributed by atoms with Gasteiger partial charge in [0, 0.05) is 30.9 Å². The number of nitrogens with zero attached hydrogens (tertiary/aromatic N) is 2. The summed E-state index contributed by atoms with van der Waals surface area (Å²) in [5, 5.41) is 41.8. The lowest BCUT2D eigenvalue weighted by Crippen LogP contribution is -2.29. The monoisotopic (exact) mass is 1130 g/mol. The van der Waals surface area contributed by atoms with Crippen LogP contribution in [0.3, 0.4) is 0 Å². The maximum absolute atomic E-state index is 10.1. The minimum Gasteiger partial charge on any atom is -0.508 e. The van der Waals surface area contributed by atoms with Crippen molar-refractivity contribution in [2.45, 2.75) is 85.0 Å². The van der Waals surface area contributed by atoms with E-state index < -0.39 is 4.92 Å². The molecule has 0 aromatic heterocycles. The molecular formula is C77H80N2O6. The van der Waals surface area contributed by atoms with E-state index in [2.05, 4.69) is 141 Å². The number of ether oxygens (including phenoxy) is 1. The predicted octanol–water partition coefficient (Wildman–Crippen LogP) is 20.9. The van der Waals surface area contributed by atoms with Crippen LogP contribution in [-0.4, -0.2) is 33.3 Å². The van der Waals surface area contributed by atoms with Gasteiger partial charge in [0.15, 0.2) is 0 Å². The molecule has 1 aliphatic heterocycles. The SMILES string of the molecule is Cc1ccc(-c2ccc3ccccc3c2)cc1.Cc1ccc(C2CCCCC2)cc1.Cc1ccc(N2CCCCC2)cc1.Cc1ccc([N+](=O)[O-])cc1.Oc1ccc(Oc2ccccc2)cc1.Oc1ccc2ccccc2c1.Oc1ccccc1. The zero-order valence-electron chi connectivity index (χ0n) is 49.5. The highest BCUT2D eigenvalue weighted by molar-refractivity contribution is 5.87. The van der Waals surface area contributed by atoms with Crippen LogP contribution in [0.1, 0.15) is 85.1 Å². The Morgan fingerprint density at radius 2 is 0.800 bits per heavy atom. The number of hydrogen-bond acceptors (Lipinski definition) is 7. The van der Waals surface area contributed by atoms with Crippen molar-refractivity contribution in [1.29, 1.82) is 0 Å². The predicted molar refractivity (Wildman–Crippen MR) is 355 cm³/mol. The van der Waals surface area contributed by atoms with E-state index in [0.29, 0.717) is 17.2 Å². The third-order valence-corrected chi connectivity index (χ3v) is 14.6. The lowest BCUT2D eigenvalue weighted by Gasteiger charge is -2.28. The highest BCUT2D eigenvalue weighted by atomic mass is 16.6. The van der Waals surface area contributed by atoms with Gasteiger partial charge < -0.3 is 25.0 Å².